The normalized spacial score (nSPS) is 11.7. The number of carbonyl (C=O) groups is 1. The molecule has 0 amide bonds. The number of rotatable bonds is 8. The standard InChI is InChI=1S/C25H28N2O3/c1-17(19(3)28)14-21-11-12-23(18(2)25(21)29)30-16-20-8-7-9-22(15-20)27(4)24-10-5-6-13-26-24/h5-13,15,17,29H,14,16H2,1-4H3. The number of aromatic hydroxyl groups is 1. The summed E-state index contributed by atoms with van der Waals surface area (Å²) in [5.74, 6) is 1.69. The predicted octanol–water partition coefficient (Wildman–Crippen LogP) is 5.21. The van der Waals surface area contributed by atoms with Crippen LogP contribution >= 0.6 is 0 Å². The lowest BCUT2D eigenvalue weighted by atomic mass is 9.95. The molecule has 1 aromatic heterocycles. The van der Waals surface area contributed by atoms with Gasteiger partial charge in [-0.15, -0.1) is 0 Å². The number of hydrogen-bond donors (Lipinski definition) is 1. The van der Waals surface area contributed by atoms with E-state index in [4.69, 9.17) is 4.74 Å². The molecule has 1 unspecified atom stereocenters. The molecule has 156 valence electrons. The first-order valence-electron chi connectivity index (χ1n) is 10.0. The molecular formula is C25H28N2O3. The molecule has 0 radical (unpaired) electrons. The van der Waals surface area contributed by atoms with Crippen LogP contribution in [-0.4, -0.2) is 22.9 Å². The summed E-state index contributed by atoms with van der Waals surface area (Å²) in [5.41, 5.74) is 3.48. The van der Waals surface area contributed by atoms with Gasteiger partial charge in [-0.2, -0.15) is 0 Å². The molecule has 3 rings (SSSR count). The number of ketones is 1. The van der Waals surface area contributed by atoms with E-state index in [9.17, 15) is 9.90 Å². The molecule has 0 aliphatic carbocycles. The molecule has 0 aliphatic heterocycles. The molecule has 0 spiro atoms. The Labute approximate surface area is 178 Å². The summed E-state index contributed by atoms with van der Waals surface area (Å²) in [5, 5.41) is 10.5. The maximum Gasteiger partial charge on any atom is 0.132 e. The van der Waals surface area contributed by atoms with Crippen LogP contribution in [0.25, 0.3) is 0 Å². The second kappa shape index (κ2) is 9.44. The fourth-order valence-corrected chi connectivity index (χ4v) is 3.23. The van der Waals surface area contributed by atoms with E-state index in [1.165, 1.54) is 0 Å². The number of phenols is 1. The van der Waals surface area contributed by atoms with Crippen LogP contribution in [0, 0.1) is 12.8 Å². The number of hydrogen-bond acceptors (Lipinski definition) is 5. The average molecular weight is 405 g/mol. The van der Waals surface area contributed by atoms with Gasteiger partial charge in [0.25, 0.3) is 0 Å². The van der Waals surface area contributed by atoms with Gasteiger partial charge in [-0.3, -0.25) is 4.79 Å². The minimum atomic E-state index is -0.124. The van der Waals surface area contributed by atoms with E-state index in [2.05, 4.69) is 11.1 Å². The number of pyridine rings is 1. The van der Waals surface area contributed by atoms with Gasteiger partial charge in [0.2, 0.25) is 0 Å². The number of nitrogens with zero attached hydrogens (tertiary/aromatic N) is 2. The van der Waals surface area contributed by atoms with Gasteiger partial charge in [-0.25, -0.2) is 4.98 Å². The third-order valence-electron chi connectivity index (χ3n) is 5.37. The summed E-state index contributed by atoms with van der Waals surface area (Å²) in [7, 11) is 1.98. The predicted molar refractivity (Wildman–Crippen MR) is 119 cm³/mol. The van der Waals surface area contributed by atoms with E-state index in [1.54, 1.807) is 13.1 Å². The van der Waals surface area contributed by atoms with Crippen molar-refractivity contribution in [3.05, 3.63) is 77.5 Å². The van der Waals surface area contributed by atoms with Crippen molar-refractivity contribution in [1.29, 1.82) is 0 Å². The van der Waals surface area contributed by atoms with Gasteiger partial charge in [0, 0.05) is 30.4 Å². The second-order valence-corrected chi connectivity index (χ2v) is 7.62. The summed E-state index contributed by atoms with van der Waals surface area (Å²) in [6.07, 6.45) is 2.29. The topological polar surface area (TPSA) is 62.7 Å². The quantitative estimate of drug-likeness (QED) is 0.558. The summed E-state index contributed by atoms with van der Waals surface area (Å²) in [4.78, 5) is 17.9. The summed E-state index contributed by atoms with van der Waals surface area (Å²) < 4.78 is 5.99. The van der Waals surface area contributed by atoms with Crippen LogP contribution in [-0.2, 0) is 17.8 Å². The fraction of sp³-hybridized carbons (Fsp3) is 0.280. The third kappa shape index (κ3) is 4.98. The van der Waals surface area contributed by atoms with Crippen molar-refractivity contribution in [2.24, 2.45) is 5.92 Å². The van der Waals surface area contributed by atoms with E-state index in [0.29, 0.717) is 24.3 Å². The van der Waals surface area contributed by atoms with Gasteiger partial charge in [0.05, 0.1) is 0 Å². The first-order chi connectivity index (χ1) is 14.4. The van der Waals surface area contributed by atoms with Crippen LogP contribution in [0.5, 0.6) is 11.5 Å². The van der Waals surface area contributed by atoms with Crippen molar-refractivity contribution in [3.63, 3.8) is 0 Å². The highest BCUT2D eigenvalue weighted by Crippen LogP contribution is 2.32. The fourth-order valence-electron chi connectivity index (χ4n) is 3.23. The molecule has 1 N–H and O–H groups in total. The van der Waals surface area contributed by atoms with E-state index in [1.807, 2.05) is 74.3 Å². The number of carbonyl (C=O) groups excluding carboxylic acids is 1. The number of aromatic nitrogens is 1. The number of Topliss-reactive ketones (excluding diaryl/α,β-unsaturated/α-hetero) is 1. The maximum atomic E-state index is 11.5. The van der Waals surface area contributed by atoms with Gasteiger partial charge in [0.15, 0.2) is 0 Å². The van der Waals surface area contributed by atoms with Gasteiger partial charge in [-0.05, 0) is 61.7 Å². The van der Waals surface area contributed by atoms with Crippen LogP contribution in [0.2, 0.25) is 0 Å². The summed E-state index contributed by atoms with van der Waals surface area (Å²) >= 11 is 0. The molecule has 0 fully saturated rings. The van der Waals surface area contributed by atoms with Crippen LogP contribution < -0.4 is 9.64 Å². The molecule has 2 aromatic carbocycles. The van der Waals surface area contributed by atoms with Gasteiger partial charge < -0.3 is 14.7 Å². The van der Waals surface area contributed by atoms with Crippen molar-refractivity contribution in [2.45, 2.75) is 33.8 Å². The third-order valence-corrected chi connectivity index (χ3v) is 5.37. The smallest absolute Gasteiger partial charge is 0.132 e. The molecule has 30 heavy (non-hydrogen) atoms. The molecule has 1 heterocycles. The lowest BCUT2D eigenvalue weighted by molar-refractivity contribution is -0.120. The average Bonchev–Trinajstić information content (AvgIpc) is 2.76. The Balaban J connectivity index is 1.71. The lowest BCUT2D eigenvalue weighted by Gasteiger charge is -2.19. The van der Waals surface area contributed by atoms with Crippen molar-refractivity contribution in [3.8, 4) is 11.5 Å². The largest absolute Gasteiger partial charge is 0.507 e. The Bertz CT molecular complexity index is 1020. The number of benzene rings is 2. The van der Waals surface area contributed by atoms with Gasteiger partial charge in [-0.1, -0.05) is 31.2 Å². The Morgan fingerprint density at radius 3 is 2.67 bits per heavy atom. The Morgan fingerprint density at radius 2 is 1.97 bits per heavy atom. The zero-order chi connectivity index (χ0) is 21.7. The number of phenolic OH excluding ortho intramolecular Hbond substituents is 1. The highest BCUT2D eigenvalue weighted by Gasteiger charge is 2.15. The first-order valence-corrected chi connectivity index (χ1v) is 10.0. The van der Waals surface area contributed by atoms with Crippen molar-refractivity contribution < 1.29 is 14.6 Å². The zero-order valence-corrected chi connectivity index (χ0v) is 17.9. The van der Waals surface area contributed by atoms with Crippen LogP contribution in [0.15, 0.2) is 60.8 Å². The zero-order valence-electron chi connectivity index (χ0n) is 17.9. The van der Waals surface area contributed by atoms with Crippen LogP contribution in [0.4, 0.5) is 11.5 Å². The maximum absolute atomic E-state index is 11.5. The molecule has 0 bridgehead atoms. The van der Waals surface area contributed by atoms with E-state index in [-0.39, 0.29) is 17.5 Å². The molecule has 5 nitrogen and oxygen atoms in total. The number of anilines is 2. The van der Waals surface area contributed by atoms with E-state index < -0.39 is 0 Å². The molecular weight excluding hydrogens is 376 g/mol. The SMILES string of the molecule is CC(=O)C(C)Cc1ccc(OCc2cccc(N(C)c3ccccn3)c2)c(C)c1O. The van der Waals surface area contributed by atoms with Crippen molar-refractivity contribution in [2.75, 3.05) is 11.9 Å². The van der Waals surface area contributed by atoms with Gasteiger partial charge >= 0.3 is 0 Å². The van der Waals surface area contributed by atoms with Crippen molar-refractivity contribution >= 4 is 17.3 Å². The monoisotopic (exact) mass is 404 g/mol. The molecule has 3 aromatic rings. The molecule has 0 saturated heterocycles. The highest BCUT2D eigenvalue weighted by molar-refractivity contribution is 5.78. The summed E-state index contributed by atoms with van der Waals surface area (Å²) in [6, 6.07) is 17.6. The first kappa shape index (κ1) is 21.4. The van der Waals surface area contributed by atoms with Gasteiger partial charge in [0.1, 0.15) is 29.7 Å². The molecule has 0 aliphatic rings. The summed E-state index contributed by atoms with van der Waals surface area (Å²) in [6.45, 7) is 5.66. The Kier molecular flexibility index (Phi) is 6.72. The van der Waals surface area contributed by atoms with E-state index in [0.717, 1.165) is 22.6 Å². The van der Waals surface area contributed by atoms with Crippen LogP contribution in [0.1, 0.15) is 30.5 Å². The second-order valence-electron chi connectivity index (χ2n) is 7.62. The minimum Gasteiger partial charge on any atom is -0.507 e. The lowest BCUT2D eigenvalue weighted by Crippen LogP contribution is -2.11. The van der Waals surface area contributed by atoms with Crippen molar-refractivity contribution in [1.82, 2.24) is 4.98 Å². The molecule has 0 saturated carbocycles. The Morgan fingerprint density at radius 1 is 1.17 bits per heavy atom. The molecule has 5 heteroatoms. The van der Waals surface area contributed by atoms with E-state index >= 15 is 0 Å². The minimum absolute atomic E-state index is 0.114. The highest BCUT2D eigenvalue weighted by atomic mass is 16.5. The Hall–Kier alpha value is -3.34. The molecule has 1 atom stereocenters. The number of ether oxygens (including phenoxy) is 1. The van der Waals surface area contributed by atoms with Crippen LogP contribution in [0.3, 0.4) is 0 Å².